The summed E-state index contributed by atoms with van der Waals surface area (Å²) in [4.78, 5) is 26.8. The van der Waals surface area contributed by atoms with Crippen molar-refractivity contribution >= 4 is 11.9 Å². The van der Waals surface area contributed by atoms with Gasteiger partial charge in [-0.25, -0.2) is 9.48 Å². The van der Waals surface area contributed by atoms with Crippen molar-refractivity contribution < 1.29 is 19.1 Å². The maximum absolute atomic E-state index is 12.7. The van der Waals surface area contributed by atoms with Gasteiger partial charge in [-0.3, -0.25) is 4.79 Å². The number of nitrogens with zero attached hydrogens (tertiary/aromatic N) is 3. The molecule has 1 unspecified atom stereocenters. The molecule has 0 radical (unpaired) electrons. The van der Waals surface area contributed by atoms with Gasteiger partial charge in [-0.1, -0.05) is 18.2 Å². The van der Waals surface area contributed by atoms with Gasteiger partial charge >= 0.3 is 5.97 Å². The summed E-state index contributed by atoms with van der Waals surface area (Å²) in [7, 11) is 0. The molecule has 2 heterocycles. The number of hydrogen-bond donors (Lipinski definition) is 0. The number of ether oxygens (including phenoxy) is 2. The molecule has 7 heteroatoms. The highest BCUT2D eigenvalue weighted by molar-refractivity contribution is 5.94. The van der Waals surface area contributed by atoms with E-state index in [9.17, 15) is 9.59 Å². The van der Waals surface area contributed by atoms with Crippen LogP contribution in [0.2, 0.25) is 0 Å². The van der Waals surface area contributed by atoms with E-state index in [0.717, 1.165) is 5.69 Å². The molecule has 138 valence electrons. The number of benzene rings is 1. The minimum atomic E-state index is -0.848. The maximum Gasteiger partial charge on any atom is 0.342 e. The molecule has 0 saturated carbocycles. The third-order valence-electron chi connectivity index (χ3n) is 4.45. The summed E-state index contributed by atoms with van der Waals surface area (Å²) in [6.45, 7) is 7.23. The summed E-state index contributed by atoms with van der Waals surface area (Å²) in [5, 5.41) is 4.45. The molecule has 7 nitrogen and oxygen atoms in total. The van der Waals surface area contributed by atoms with E-state index in [1.54, 1.807) is 23.4 Å². The highest BCUT2D eigenvalue weighted by Crippen LogP contribution is 2.19. The Kier molecular flexibility index (Phi) is 5.37. The normalized spacial score (nSPS) is 15.6. The maximum atomic E-state index is 12.7. The van der Waals surface area contributed by atoms with Gasteiger partial charge in [0.05, 0.1) is 30.3 Å². The second kappa shape index (κ2) is 7.70. The van der Waals surface area contributed by atoms with Gasteiger partial charge in [-0.05, 0) is 32.9 Å². The molecule has 2 aromatic rings. The second-order valence-corrected chi connectivity index (χ2v) is 6.28. The molecule has 0 spiro atoms. The number of hydrogen-bond acceptors (Lipinski definition) is 5. The van der Waals surface area contributed by atoms with Crippen molar-refractivity contribution in [3.63, 3.8) is 0 Å². The summed E-state index contributed by atoms with van der Waals surface area (Å²) in [6, 6.07) is 9.57. The third-order valence-corrected chi connectivity index (χ3v) is 4.45. The molecular weight excluding hydrogens is 334 g/mol. The van der Waals surface area contributed by atoms with Crippen LogP contribution in [0.5, 0.6) is 0 Å². The van der Waals surface area contributed by atoms with Crippen LogP contribution in [0, 0.1) is 13.8 Å². The van der Waals surface area contributed by atoms with Crippen LogP contribution in [0.4, 0.5) is 0 Å². The number of rotatable bonds is 4. The predicted molar refractivity (Wildman–Crippen MR) is 95.3 cm³/mol. The lowest BCUT2D eigenvalue weighted by Crippen LogP contribution is -2.46. The number of amides is 1. The molecule has 1 aliphatic rings. The topological polar surface area (TPSA) is 73.7 Å². The standard InChI is InChI=1S/C19H23N3O4/c1-13-17(14(2)22(20-13)16-7-5-4-6-8-16)19(24)26-15(3)18(23)21-9-11-25-12-10-21/h4-8,15H,9-12H2,1-3H3. The molecule has 1 atom stereocenters. The molecule has 26 heavy (non-hydrogen) atoms. The molecule has 1 amide bonds. The zero-order valence-corrected chi connectivity index (χ0v) is 15.3. The monoisotopic (exact) mass is 357 g/mol. The Morgan fingerprint density at radius 3 is 2.46 bits per heavy atom. The number of para-hydroxylation sites is 1. The smallest absolute Gasteiger partial charge is 0.342 e. The minimum Gasteiger partial charge on any atom is -0.449 e. The fraction of sp³-hybridized carbons (Fsp3) is 0.421. The summed E-state index contributed by atoms with van der Waals surface area (Å²) >= 11 is 0. The average molecular weight is 357 g/mol. The van der Waals surface area contributed by atoms with Crippen molar-refractivity contribution in [1.82, 2.24) is 14.7 Å². The Bertz CT molecular complexity index is 795. The highest BCUT2D eigenvalue weighted by atomic mass is 16.5. The van der Waals surface area contributed by atoms with E-state index in [1.165, 1.54) is 0 Å². The van der Waals surface area contributed by atoms with Crippen LogP contribution in [0.3, 0.4) is 0 Å². The van der Waals surface area contributed by atoms with E-state index in [0.29, 0.717) is 43.3 Å². The Morgan fingerprint density at radius 2 is 1.81 bits per heavy atom. The minimum absolute atomic E-state index is 0.201. The van der Waals surface area contributed by atoms with Crippen molar-refractivity contribution in [2.75, 3.05) is 26.3 Å². The first-order valence-corrected chi connectivity index (χ1v) is 8.68. The van der Waals surface area contributed by atoms with Crippen molar-refractivity contribution in [3.05, 3.63) is 47.3 Å². The lowest BCUT2D eigenvalue weighted by atomic mass is 10.2. The Labute approximate surface area is 152 Å². The SMILES string of the molecule is Cc1nn(-c2ccccc2)c(C)c1C(=O)OC(C)C(=O)N1CCOCC1. The van der Waals surface area contributed by atoms with Gasteiger partial charge in [0.15, 0.2) is 6.10 Å². The van der Waals surface area contributed by atoms with Gasteiger partial charge < -0.3 is 14.4 Å². The molecule has 1 aliphatic heterocycles. The number of carbonyl (C=O) groups is 2. The fourth-order valence-corrected chi connectivity index (χ4v) is 3.07. The van der Waals surface area contributed by atoms with Gasteiger partial charge in [0, 0.05) is 13.1 Å². The molecule has 1 fully saturated rings. The van der Waals surface area contributed by atoms with Crippen LogP contribution in [-0.2, 0) is 14.3 Å². The van der Waals surface area contributed by atoms with E-state index in [4.69, 9.17) is 9.47 Å². The van der Waals surface area contributed by atoms with Crippen LogP contribution in [0.25, 0.3) is 5.69 Å². The zero-order chi connectivity index (χ0) is 18.7. The Morgan fingerprint density at radius 1 is 1.15 bits per heavy atom. The van der Waals surface area contributed by atoms with Gasteiger partial charge in [0.2, 0.25) is 0 Å². The number of morpholine rings is 1. The molecule has 1 aromatic heterocycles. The summed E-state index contributed by atoms with van der Waals surface area (Å²) < 4.78 is 12.4. The molecule has 0 aliphatic carbocycles. The highest BCUT2D eigenvalue weighted by Gasteiger charge is 2.28. The molecule has 1 aromatic carbocycles. The summed E-state index contributed by atoms with van der Waals surface area (Å²) in [5.74, 6) is -0.733. The lowest BCUT2D eigenvalue weighted by Gasteiger charge is -2.28. The van der Waals surface area contributed by atoms with E-state index in [-0.39, 0.29) is 5.91 Å². The van der Waals surface area contributed by atoms with Crippen LogP contribution in [0.1, 0.15) is 28.7 Å². The predicted octanol–water partition coefficient (Wildman–Crippen LogP) is 1.89. The first-order valence-electron chi connectivity index (χ1n) is 8.68. The Hall–Kier alpha value is -2.67. The number of carbonyl (C=O) groups excluding carboxylic acids is 2. The van der Waals surface area contributed by atoms with Gasteiger partial charge in [0.1, 0.15) is 5.56 Å². The van der Waals surface area contributed by atoms with Gasteiger partial charge in [-0.2, -0.15) is 5.10 Å². The Balaban J connectivity index is 1.75. The lowest BCUT2D eigenvalue weighted by molar-refractivity contribution is -0.143. The zero-order valence-electron chi connectivity index (χ0n) is 15.3. The van der Waals surface area contributed by atoms with Crippen LogP contribution in [0.15, 0.2) is 30.3 Å². The molecular formula is C19H23N3O4. The fourth-order valence-electron chi connectivity index (χ4n) is 3.07. The van der Waals surface area contributed by atoms with E-state index < -0.39 is 12.1 Å². The van der Waals surface area contributed by atoms with Crippen molar-refractivity contribution in [2.24, 2.45) is 0 Å². The van der Waals surface area contributed by atoms with Crippen molar-refractivity contribution in [3.8, 4) is 5.69 Å². The first-order chi connectivity index (χ1) is 12.5. The molecule has 3 rings (SSSR count). The summed E-state index contributed by atoms with van der Waals surface area (Å²) in [6.07, 6.45) is -0.848. The molecule has 1 saturated heterocycles. The number of esters is 1. The van der Waals surface area contributed by atoms with Crippen LogP contribution >= 0.6 is 0 Å². The largest absolute Gasteiger partial charge is 0.449 e. The van der Waals surface area contributed by atoms with E-state index in [1.807, 2.05) is 37.3 Å². The first kappa shape index (κ1) is 18.1. The van der Waals surface area contributed by atoms with E-state index in [2.05, 4.69) is 5.10 Å². The molecule has 0 bridgehead atoms. The number of aryl methyl sites for hydroxylation is 1. The molecule has 0 N–H and O–H groups in total. The summed E-state index contributed by atoms with van der Waals surface area (Å²) in [5.41, 5.74) is 2.52. The average Bonchev–Trinajstić information content (AvgIpc) is 2.96. The number of aromatic nitrogens is 2. The van der Waals surface area contributed by atoms with Gasteiger partial charge in [0.25, 0.3) is 5.91 Å². The third kappa shape index (κ3) is 3.62. The van der Waals surface area contributed by atoms with Gasteiger partial charge in [-0.15, -0.1) is 0 Å². The van der Waals surface area contributed by atoms with Crippen LogP contribution < -0.4 is 0 Å². The van der Waals surface area contributed by atoms with E-state index >= 15 is 0 Å². The quantitative estimate of drug-likeness (QED) is 0.782. The van der Waals surface area contributed by atoms with Crippen molar-refractivity contribution in [1.29, 1.82) is 0 Å². The van der Waals surface area contributed by atoms with Crippen molar-refractivity contribution in [2.45, 2.75) is 26.9 Å². The van der Waals surface area contributed by atoms with Crippen LogP contribution in [-0.4, -0.2) is 59.0 Å². The second-order valence-electron chi connectivity index (χ2n) is 6.28.